The Morgan fingerprint density at radius 3 is 2.21 bits per heavy atom. The largest absolute Gasteiger partial charge is 0.495 e. The highest BCUT2D eigenvalue weighted by molar-refractivity contribution is 7.92. The summed E-state index contributed by atoms with van der Waals surface area (Å²) in [5, 5.41) is 2.92. The number of para-hydroxylation sites is 1. The predicted octanol–water partition coefficient (Wildman–Crippen LogP) is 3.53. The standard InChI is InChI=1S/C21H28N2O4S/c1-6-16-9-8-10-17(7-2)21(16)22-20(24)14-23(28(5,25)26)18-13-15(3)11-12-19(18)27-4/h8-13H,6-7,14H2,1-5H3,(H,22,24). The van der Waals surface area contributed by atoms with E-state index in [9.17, 15) is 13.2 Å². The fourth-order valence-corrected chi connectivity index (χ4v) is 3.94. The van der Waals surface area contributed by atoms with Crippen molar-refractivity contribution in [3.8, 4) is 5.75 Å². The van der Waals surface area contributed by atoms with Crippen molar-refractivity contribution in [3.05, 3.63) is 53.1 Å². The van der Waals surface area contributed by atoms with E-state index in [1.165, 1.54) is 7.11 Å². The lowest BCUT2D eigenvalue weighted by Gasteiger charge is -2.24. The summed E-state index contributed by atoms with van der Waals surface area (Å²) in [7, 11) is -2.22. The number of carbonyl (C=O) groups excluding carboxylic acids is 1. The van der Waals surface area contributed by atoms with Crippen LogP contribution in [0.15, 0.2) is 36.4 Å². The Labute approximate surface area is 167 Å². The average molecular weight is 405 g/mol. The van der Waals surface area contributed by atoms with Crippen molar-refractivity contribution in [3.63, 3.8) is 0 Å². The number of anilines is 2. The molecule has 0 aliphatic rings. The monoisotopic (exact) mass is 404 g/mol. The van der Waals surface area contributed by atoms with Gasteiger partial charge in [0.05, 0.1) is 19.1 Å². The maximum absolute atomic E-state index is 12.8. The zero-order valence-electron chi connectivity index (χ0n) is 17.1. The highest BCUT2D eigenvalue weighted by Gasteiger charge is 2.24. The number of rotatable bonds is 8. The number of benzene rings is 2. The molecule has 2 aromatic carbocycles. The number of aryl methyl sites for hydroxylation is 3. The number of carbonyl (C=O) groups is 1. The summed E-state index contributed by atoms with van der Waals surface area (Å²) in [6, 6.07) is 11.1. The van der Waals surface area contributed by atoms with Gasteiger partial charge in [-0.1, -0.05) is 38.1 Å². The van der Waals surface area contributed by atoms with Crippen LogP contribution in [0.2, 0.25) is 0 Å². The van der Waals surface area contributed by atoms with Crippen molar-refractivity contribution < 1.29 is 17.9 Å². The second-order valence-corrected chi connectivity index (χ2v) is 8.56. The number of methoxy groups -OCH3 is 1. The molecule has 0 saturated heterocycles. The van der Waals surface area contributed by atoms with Crippen molar-refractivity contribution in [2.45, 2.75) is 33.6 Å². The summed E-state index contributed by atoms with van der Waals surface area (Å²) >= 11 is 0. The topological polar surface area (TPSA) is 75.7 Å². The summed E-state index contributed by atoms with van der Waals surface area (Å²) < 4.78 is 31.3. The highest BCUT2D eigenvalue weighted by atomic mass is 32.2. The molecule has 0 unspecified atom stereocenters. The van der Waals surface area contributed by atoms with E-state index >= 15 is 0 Å². The summed E-state index contributed by atoms with van der Waals surface area (Å²) in [6.45, 7) is 5.56. The molecule has 1 N–H and O–H groups in total. The summed E-state index contributed by atoms with van der Waals surface area (Å²) in [6.07, 6.45) is 2.62. The zero-order valence-corrected chi connectivity index (χ0v) is 17.9. The van der Waals surface area contributed by atoms with Crippen molar-refractivity contribution >= 4 is 27.3 Å². The maximum atomic E-state index is 12.8. The van der Waals surface area contributed by atoms with E-state index in [-0.39, 0.29) is 6.54 Å². The first-order chi connectivity index (χ1) is 13.2. The average Bonchev–Trinajstić information content (AvgIpc) is 2.65. The number of ether oxygens (including phenoxy) is 1. The van der Waals surface area contributed by atoms with Crippen LogP contribution in [0.4, 0.5) is 11.4 Å². The van der Waals surface area contributed by atoms with Gasteiger partial charge in [0.2, 0.25) is 15.9 Å². The predicted molar refractivity (Wildman–Crippen MR) is 114 cm³/mol. The first-order valence-corrected chi connectivity index (χ1v) is 11.1. The van der Waals surface area contributed by atoms with E-state index in [1.807, 2.05) is 45.0 Å². The number of sulfonamides is 1. The van der Waals surface area contributed by atoms with Crippen LogP contribution in [0.25, 0.3) is 0 Å². The number of nitrogens with zero attached hydrogens (tertiary/aromatic N) is 1. The maximum Gasteiger partial charge on any atom is 0.245 e. The fraction of sp³-hybridized carbons (Fsp3) is 0.381. The first kappa shape index (κ1) is 21.8. The van der Waals surface area contributed by atoms with Gasteiger partial charge in [0.1, 0.15) is 12.3 Å². The van der Waals surface area contributed by atoms with Crippen LogP contribution in [0.1, 0.15) is 30.5 Å². The van der Waals surface area contributed by atoms with Crippen LogP contribution >= 0.6 is 0 Å². The summed E-state index contributed by atoms with van der Waals surface area (Å²) in [5.74, 6) is -0.00313. The lowest BCUT2D eigenvalue weighted by atomic mass is 10.0. The molecule has 2 rings (SSSR count). The molecule has 28 heavy (non-hydrogen) atoms. The second kappa shape index (κ2) is 9.10. The van der Waals surface area contributed by atoms with Crippen molar-refractivity contribution in [1.29, 1.82) is 0 Å². The Balaban J connectivity index is 2.38. The van der Waals surface area contributed by atoms with Crippen LogP contribution in [0.5, 0.6) is 5.75 Å². The van der Waals surface area contributed by atoms with Crippen LogP contribution in [0, 0.1) is 6.92 Å². The van der Waals surface area contributed by atoms with Gasteiger partial charge in [0, 0.05) is 5.69 Å². The van der Waals surface area contributed by atoms with E-state index in [0.29, 0.717) is 11.4 Å². The van der Waals surface area contributed by atoms with E-state index in [2.05, 4.69) is 5.32 Å². The number of hydrogen-bond acceptors (Lipinski definition) is 4. The fourth-order valence-electron chi connectivity index (χ4n) is 3.09. The number of amides is 1. The normalized spacial score (nSPS) is 11.2. The Morgan fingerprint density at radius 1 is 1.11 bits per heavy atom. The molecule has 0 aromatic heterocycles. The van der Waals surface area contributed by atoms with Gasteiger partial charge in [-0.25, -0.2) is 8.42 Å². The van der Waals surface area contributed by atoms with Gasteiger partial charge < -0.3 is 10.1 Å². The molecule has 6 nitrogen and oxygen atoms in total. The van der Waals surface area contributed by atoms with Crippen molar-refractivity contribution in [2.24, 2.45) is 0 Å². The highest BCUT2D eigenvalue weighted by Crippen LogP contribution is 2.31. The Morgan fingerprint density at radius 2 is 1.71 bits per heavy atom. The molecule has 0 saturated carbocycles. The molecule has 0 fully saturated rings. The van der Waals surface area contributed by atoms with E-state index < -0.39 is 15.9 Å². The Kier molecular flexibility index (Phi) is 7.07. The third kappa shape index (κ3) is 5.04. The lowest BCUT2D eigenvalue weighted by molar-refractivity contribution is -0.114. The Hall–Kier alpha value is -2.54. The molecule has 0 aliphatic heterocycles. The van der Waals surface area contributed by atoms with Crippen LogP contribution in [-0.2, 0) is 27.7 Å². The molecular weight excluding hydrogens is 376 g/mol. The number of nitrogens with one attached hydrogen (secondary N) is 1. The minimum atomic E-state index is -3.69. The van der Waals surface area contributed by atoms with Crippen molar-refractivity contribution in [1.82, 2.24) is 0 Å². The smallest absolute Gasteiger partial charge is 0.245 e. The third-order valence-electron chi connectivity index (χ3n) is 4.55. The van der Waals surface area contributed by atoms with Crippen LogP contribution in [-0.4, -0.2) is 34.2 Å². The van der Waals surface area contributed by atoms with Gasteiger partial charge >= 0.3 is 0 Å². The van der Waals surface area contributed by atoms with Crippen molar-refractivity contribution in [2.75, 3.05) is 29.5 Å². The van der Waals surface area contributed by atoms with E-state index in [0.717, 1.165) is 45.8 Å². The van der Waals surface area contributed by atoms with Gasteiger partial charge in [-0.05, 0) is 48.6 Å². The SMILES string of the molecule is CCc1cccc(CC)c1NC(=O)CN(c1cc(C)ccc1OC)S(C)(=O)=O. The molecule has 0 spiro atoms. The van der Waals surface area contributed by atoms with Gasteiger partial charge in [-0.2, -0.15) is 0 Å². The number of hydrogen-bond donors (Lipinski definition) is 1. The zero-order chi connectivity index (χ0) is 20.9. The lowest BCUT2D eigenvalue weighted by Crippen LogP contribution is -2.38. The molecule has 152 valence electrons. The van der Waals surface area contributed by atoms with Gasteiger partial charge in [0.25, 0.3) is 0 Å². The van der Waals surface area contributed by atoms with Gasteiger partial charge in [-0.15, -0.1) is 0 Å². The molecular formula is C21H28N2O4S. The first-order valence-electron chi connectivity index (χ1n) is 9.24. The summed E-state index contributed by atoms with van der Waals surface area (Å²) in [4.78, 5) is 12.8. The minimum absolute atomic E-state index is 0.333. The third-order valence-corrected chi connectivity index (χ3v) is 5.68. The minimum Gasteiger partial charge on any atom is -0.495 e. The molecule has 0 radical (unpaired) electrons. The molecule has 0 bridgehead atoms. The van der Waals surface area contributed by atoms with Gasteiger partial charge in [0.15, 0.2) is 0 Å². The molecule has 0 atom stereocenters. The summed E-state index contributed by atoms with van der Waals surface area (Å²) in [5.41, 5.74) is 4.02. The quantitative estimate of drug-likeness (QED) is 0.730. The Bertz CT molecular complexity index is 933. The molecule has 1 amide bonds. The molecule has 0 heterocycles. The van der Waals surface area contributed by atoms with Gasteiger partial charge in [-0.3, -0.25) is 9.10 Å². The van der Waals surface area contributed by atoms with Crippen LogP contribution in [0.3, 0.4) is 0 Å². The molecule has 0 aliphatic carbocycles. The van der Waals surface area contributed by atoms with E-state index in [1.54, 1.807) is 12.1 Å². The molecule has 7 heteroatoms. The molecule has 2 aromatic rings. The van der Waals surface area contributed by atoms with E-state index in [4.69, 9.17) is 4.74 Å². The van der Waals surface area contributed by atoms with Crippen LogP contribution < -0.4 is 14.4 Å². The second-order valence-electron chi connectivity index (χ2n) is 6.65.